The summed E-state index contributed by atoms with van der Waals surface area (Å²) in [5, 5.41) is 4.32. The van der Waals surface area contributed by atoms with E-state index in [9.17, 15) is 17.6 Å². The Hall–Kier alpha value is -4.01. The first-order chi connectivity index (χ1) is 16.1. The van der Waals surface area contributed by atoms with Crippen LogP contribution >= 0.6 is 0 Å². The molecule has 3 aromatic carbocycles. The van der Waals surface area contributed by atoms with E-state index in [4.69, 9.17) is 9.53 Å². The number of ether oxygens (including phenoxy) is 1. The Morgan fingerprint density at radius 2 is 1.68 bits per heavy atom. The van der Waals surface area contributed by atoms with Gasteiger partial charge in [-0.3, -0.25) is 4.79 Å². The summed E-state index contributed by atoms with van der Waals surface area (Å²) >= 11 is 0. The van der Waals surface area contributed by atoms with Crippen LogP contribution in [0.2, 0.25) is 0 Å². The molecule has 0 saturated carbocycles. The molecule has 4 rings (SSSR count). The number of aldehydes is 1. The highest BCUT2D eigenvalue weighted by Crippen LogP contribution is 2.27. The Kier molecular flexibility index (Phi) is 7.78. The largest absolute Gasteiger partial charge is 0.489 e. The van der Waals surface area contributed by atoms with E-state index in [-0.39, 0.29) is 5.82 Å². The number of nitrogens with zero attached hydrogens (tertiary/aromatic N) is 2. The number of rotatable bonds is 5. The molecule has 4 aromatic rings. The molecule has 0 atom stereocenters. The van der Waals surface area contributed by atoms with E-state index in [0.717, 1.165) is 28.0 Å². The number of fused-ring (bicyclic) bond motifs is 1. The van der Waals surface area contributed by atoms with Crippen molar-refractivity contribution in [2.45, 2.75) is 26.6 Å². The zero-order chi connectivity index (χ0) is 24.7. The lowest BCUT2D eigenvalue weighted by Gasteiger charge is -2.12. The first kappa shape index (κ1) is 24.6. The fourth-order valence-corrected chi connectivity index (χ4v) is 3.01. The van der Waals surface area contributed by atoms with E-state index in [0.29, 0.717) is 12.4 Å². The Morgan fingerprint density at radius 1 is 0.971 bits per heavy atom. The number of hydrogen-bond acceptors (Lipinski definition) is 5. The lowest BCUT2D eigenvalue weighted by atomic mass is 10.1. The maximum Gasteiger partial charge on any atom is 0.446 e. The minimum absolute atomic E-state index is 0.266. The number of anilines is 2. The normalized spacial score (nSPS) is 10.9. The molecule has 34 heavy (non-hydrogen) atoms. The third-order valence-electron chi connectivity index (χ3n) is 4.78. The predicted molar refractivity (Wildman–Crippen MR) is 122 cm³/mol. The van der Waals surface area contributed by atoms with Crippen molar-refractivity contribution in [3.63, 3.8) is 0 Å². The highest BCUT2D eigenvalue weighted by Gasteiger charge is 2.24. The highest BCUT2D eigenvalue weighted by atomic mass is 19.4. The molecule has 0 bridgehead atoms. The Balaban J connectivity index is 0.000000481. The van der Waals surface area contributed by atoms with E-state index >= 15 is 0 Å². The van der Waals surface area contributed by atoms with Gasteiger partial charge in [0.25, 0.3) is 0 Å². The number of aryl methyl sites for hydroxylation is 2. The summed E-state index contributed by atoms with van der Waals surface area (Å²) < 4.78 is 50.4. The van der Waals surface area contributed by atoms with E-state index in [1.54, 1.807) is 12.4 Å². The third-order valence-corrected chi connectivity index (χ3v) is 4.78. The Morgan fingerprint density at radius 3 is 2.38 bits per heavy atom. The van der Waals surface area contributed by atoms with Crippen LogP contribution in [0, 0.1) is 19.7 Å². The van der Waals surface area contributed by atoms with E-state index < -0.39 is 12.5 Å². The molecule has 0 fully saturated rings. The van der Waals surface area contributed by atoms with Crippen LogP contribution in [0.3, 0.4) is 0 Å². The van der Waals surface area contributed by atoms with Crippen molar-refractivity contribution >= 4 is 28.7 Å². The lowest BCUT2D eigenvalue weighted by molar-refractivity contribution is -0.156. The summed E-state index contributed by atoms with van der Waals surface area (Å²) in [7, 11) is 0. The SMILES string of the molecule is Cc1cc2ncnc(Nc3cccc(OCc4cccc(F)c4)c3)c2cc1C.O=CC(F)(F)F. The molecule has 0 radical (unpaired) electrons. The summed E-state index contributed by atoms with van der Waals surface area (Å²) in [4.78, 5) is 17.5. The number of halogens is 4. The maximum atomic E-state index is 13.3. The van der Waals surface area contributed by atoms with Gasteiger partial charge in [0.1, 0.15) is 30.3 Å². The average molecular weight is 471 g/mol. The van der Waals surface area contributed by atoms with Gasteiger partial charge in [0.15, 0.2) is 0 Å². The number of alkyl halides is 3. The summed E-state index contributed by atoms with van der Waals surface area (Å²) in [6.07, 6.45) is -4.14. The topological polar surface area (TPSA) is 64.1 Å². The second-order valence-electron chi connectivity index (χ2n) is 7.41. The average Bonchev–Trinajstić information content (AvgIpc) is 2.79. The first-order valence-corrected chi connectivity index (χ1v) is 10.1. The minimum atomic E-state index is -4.64. The predicted octanol–water partition coefficient (Wildman–Crippen LogP) is 6.46. The summed E-state index contributed by atoms with van der Waals surface area (Å²) in [5.74, 6) is 1.17. The van der Waals surface area contributed by atoms with Crippen LogP contribution in [0.15, 0.2) is 67.0 Å². The molecule has 176 valence electrons. The lowest BCUT2D eigenvalue weighted by Crippen LogP contribution is -2.07. The summed E-state index contributed by atoms with van der Waals surface area (Å²) in [6, 6.07) is 18.2. The molecular formula is C25H21F4N3O2. The van der Waals surface area contributed by atoms with Crippen LogP contribution in [-0.2, 0) is 11.4 Å². The number of benzene rings is 3. The van der Waals surface area contributed by atoms with Crippen LogP contribution in [0.4, 0.5) is 29.1 Å². The molecule has 1 aromatic heterocycles. The molecule has 1 N–H and O–H groups in total. The minimum Gasteiger partial charge on any atom is -0.489 e. The van der Waals surface area contributed by atoms with Gasteiger partial charge in [0, 0.05) is 17.1 Å². The molecule has 0 amide bonds. The van der Waals surface area contributed by atoms with Gasteiger partial charge in [-0.05, 0) is 66.9 Å². The number of nitrogens with one attached hydrogen (secondary N) is 1. The number of carbonyl (C=O) groups excluding carboxylic acids is 1. The smallest absolute Gasteiger partial charge is 0.446 e. The quantitative estimate of drug-likeness (QED) is 0.268. The van der Waals surface area contributed by atoms with E-state index in [1.165, 1.54) is 23.3 Å². The van der Waals surface area contributed by atoms with Crippen molar-refractivity contribution in [2.75, 3.05) is 5.32 Å². The maximum absolute atomic E-state index is 13.3. The van der Waals surface area contributed by atoms with Gasteiger partial charge in [-0.25, -0.2) is 14.4 Å². The van der Waals surface area contributed by atoms with Gasteiger partial charge in [-0.15, -0.1) is 0 Å². The molecule has 1 heterocycles. The third kappa shape index (κ3) is 6.99. The second-order valence-corrected chi connectivity index (χ2v) is 7.41. The standard InChI is InChI=1S/C23H20FN3O.C2HF3O/c1-15-9-21-22(10-16(15)2)25-14-26-23(21)27-19-7-4-8-20(12-19)28-13-17-5-3-6-18(24)11-17;3-2(4,5)1-6/h3-12,14H,13H2,1-2H3,(H,25,26,27);1H. The zero-order valence-electron chi connectivity index (χ0n) is 18.4. The molecule has 0 spiro atoms. The second kappa shape index (κ2) is 10.7. The molecule has 0 aliphatic heterocycles. The molecule has 0 aliphatic carbocycles. The van der Waals surface area contributed by atoms with Crippen molar-refractivity contribution in [2.24, 2.45) is 0 Å². The van der Waals surface area contributed by atoms with Crippen molar-refractivity contribution in [3.8, 4) is 5.75 Å². The van der Waals surface area contributed by atoms with Gasteiger partial charge in [0.05, 0.1) is 5.52 Å². The molecule has 0 aliphatic rings. The van der Waals surface area contributed by atoms with Gasteiger partial charge >= 0.3 is 6.18 Å². The molecular weight excluding hydrogens is 450 g/mol. The molecule has 0 saturated heterocycles. The Labute approximate surface area is 193 Å². The van der Waals surface area contributed by atoms with Crippen LogP contribution in [-0.4, -0.2) is 22.4 Å². The number of carbonyl (C=O) groups is 1. The van der Waals surface area contributed by atoms with Gasteiger partial charge in [0.2, 0.25) is 6.29 Å². The monoisotopic (exact) mass is 471 g/mol. The van der Waals surface area contributed by atoms with Crippen LogP contribution < -0.4 is 10.1 Å². The van der Waals surface area contributed by atoms with Crippen molar-refractivity contribution in [1.82, 2.24) is 9.97 Å². The molecule has 0 unspecified atom stereocenters. The van der Waals surface area contributed by atoms with Crippen molar-refractivity contribution in [1.29, 1.82) is 0 Å². The van der Waals surface area contributed by atoms with E-state index in [1.807, 2.05) is 30.3 Å². The Bertz CT molecular complexity index is 1290. The fraction of sp³-hybridized carbons (Fsp3) is 0.160. The van der Waals surface area contributed by atoms with E-state index in [2.05, 4.69) is 41.3 Å². The van der Waals surface area contributed by atoms with Gasteiger partial charge < -0.3 is 10.1 Å². The number of aromatic nitrogens is 2. The fourth-order valence-electron chi connectivity index (χ4n) is 3.01. The molecule has 5 nitrogen and oxygen atoms in total. The number of hydrogen-bond donors (Lipinski definition) is 1. The summed E-state index contributed by atoms with van der Waals surface area (Å²) in [6.45, 7) is 4.45. The summed E-state index contributed by atoms with van der Waals surface area (Å²) in [5.41, 5.74) is 4.93. The van der Waals surface area contributed by atoms with Gasteiger partial charge in [-0.1, -0.05) is 18.2 Å². The van der Waals surface area contributed by atoms with Crippen LogP contribution in [0.5, 0.6) is 5.75 Å². The van der Waals surface area contributed by atoms with Crippen molar-refractivity contribution in [3.05, 3.63) is 89.5 Å². The zero-order valence-corrected chi connectivity index (χ0v) is 18.4. The first-order valence-electron chi connectivity index (χ1n) is 10.1. The van der Waals surface area contributed by atoms with Crippen LogP contribution in [0.1, 0.15) is 16.7 Å². The van der Waals surface area contributed by atoms with Gasteiger partial charge in [-0.2, -0.15) is 13.2 Å². The van der Waals surface area contributed by atoms with Crippen molar-refractivity contribution < 1.29 is 27.1 Å². The molecule has 9 heteroatoms. The van der Waals surface area contributed by atoms with Crippen LogP contribution in [0.25, 0.3) is 10.9 Å². The highest BCUT2D eigenvalue weighted by molar-refractivity contribution is 5.91.